The summed E-state index contributed by atoms with van der Waals surface area (Å²) < 4.78 is 1.76. The Morgan fingerprint density at radius 2 is 2.00 bits per heavy atom. The molecule has 19 heavy (non-hydrogen) atoms. The topological polar surface area (TPSA) is 54.0 Å². The molecule has 1 aromatic carbocycles. The minimum Gasteiger partial charge on any atom is -0.373 e. The molecule has 0 saturated heterocycles. The van der Waals surface area contributed by atoms with Crippen molar-refractivity contribution < 1.29 is 4.79 Å². The molecule has 0 radical (unpaired) electrons. The van der Waals surface area contributed by atoms with Crippen molar-refractivity contribution in [3.8, 4) is 0 Å². The van der Waals surface area contributed by atoms with Gasteiger partial charge in [-0.05, 0) is 46.3 Å². The van der Waals surface area contributed by atoms with Gasteiger partial charge >= 0.3 is 0 Å². The monoisotopic (exact) mass is 383 g/mol. The number of anilines is 2. The molecule has 0 unspecified atom stereocenters. The number of nitrogens with one attached hydrogen (secondary N) is 2. The van der Waals surface area contributed by atoms with Crippen molar-refractivity contribution in [2.45, 2.75) is 0 Å². The van der Waals surface area contributed by atoms with Crippen LogP contribution in [0.1, 0.15) is 10.4 Å². The minimum atomic E-state index is -0.196. The summed E-state index contributed by atoms with van der Waals surface area (Å²) in [4.78, 5) is 16.2. The van der Waals surface area contributed by atoms with Crippen molar-refractivity contribution in [2.75, 3.05) is 17.7 Å². The van der Waals surface area contributed by atoms with Crippen LogP contribution in [0.15, 0.2) is 45.5 Å². The van der Waals surface area contributed by atoms with Gasteiger partial charge in [-0.2, -0.15) is 0 Å². The molecule has 0 atom stereocenters. The zero-order valence-corrected chi connectivity index (χ0v) is 13.2. The molecule has 4 nitrogen and oxygen atoms in total. The highest BCUT2D eigenvalue weighted by Crippen LogP contribution is 2.26. The summed E-state index contributed by atoms with van der Waals surface area (Å²) in [5.74, 6) is 0.527. The van der Waals surface area contributed by atoms with Crippen molar-refractivity contribution in [2.24, 2.45) is 0 Å². The van der Waals surface area contributed by atoms with Crippen LogP contribution in [0.3, 0.4) is 0 Å². The Morgan fingerprint density at radius 3 is 2.58 bits per heavy atom. The van der Waals surface area contributed by atoms with Crippen molar-refractivity contribution in [1.29, 1.82) is 0 Å². The highest BCUT2D eigenvalue weighted by molar-refractivity contribution is 9.11. The number of nitrogens with zero attached hydrogens (tertiary/aromatic N) is 1. The molecule has 0 aliphatic heterocycles. The first-order chi connectivity index (χ1) is 9.10. The van der Waals surface area contributed by atoms with E-state index >= 15 is 0 Å². The van der Waals surface area contributed by atoms with Crippen LogP contribution < -0.4 is 10.6 Å². The van der Waals surface area contributed by atoms with Crippen LogP contribution in [0, 0.1) is 0 Å². The molecule has 2 N–H and O–H groups in total. The molecule has 0 aliphatic rings. The molecule has 1 heterocycles. The number of benzene rings is 1. The van der Waals surface area contributed by atoms with Gasteiger partial charge in [0, 0.05) is 22.2 Å². The SMILES string of the molecule is CNc1ccc(C(=O)Nc2ccc(Br)cc2Br)cn1. The summed E-state index contributed by atoms with van der Waals surface area (Å²) in [6.07, 6.45) is 1.54. The van der Waals surface area contributed by atoms with E-state index in [1.54, 1.807) is 19.2 Å². The predicted octanol–water partition coefficient (Wildman–Crippen LogP) is 3.90. The molecule has 0 bridgehead atoms. The first-order valence-electron chi connectivity index (χ1n) is 5.50. The maximum absolute atomic E-state index is 12.0. The average molecular weight is 385 g/mol. The molecule has 1 aromatic heterocycles. The van der Waals surface area contributed by atoms with E-state index in [1.807, 2.05) is 18.2 Å². The molecule has 0 saturated carbocycles. The number of carbonyl (C=O) groups excluding carboxylic acids is 1. The average Bonchev–Trinajstić information content (AvgIpc) is 2.42. The second kappa shape index (κ2) is 6.16. The molecule has 1 amide bonds. The smallest absolute Gasteiger partial charge is 0.257 e. The predicted molar refractivity (Wildman–Crippen MR) is 83.6 cm³/mol. The van der Waals surface area contributed by atoms with Gasteiger partial charge in [0.2, 0.25) is 0 Å². The number of hydrogen-bond donors (Lipinski definition) is 2. The summed E-state index contributed by atoms with van der Waals surface area (Å²) in [7, 11) is 1.78. The summed E-state index contributed by atoms with van der Waals surface area (Å²) in [5.41, 5.74) is 1.22. The number of pyridine rings is 1. The fourth-order valence-corrected chi connectivity index (χ4v) is 2.61. The van der Waals surface area contributed by atoms with Gasteiger partial charge in [0.1, 0.15) is 5.82 Å². The first kappa shape index (κ1) is 14.0. The third kappa shape index (κ3) is 3.54. The zero-order valence-electron chi connectivity index (χ0n) is 10.1. The van der Waals surface area contributed by atoms with Crippen molar-refractivity contribution >= 4 is 49.3 Å². The number of rotatable bonds is 3. The van der Waals surface area contributed by atoms with E-state index in [1.165, 1.54) is 6.20 Å². The number of aromatic nitrogens is 1. The van der Waals surface area contributed by atoms with E-state index in [2.05, 4.69) is 47.5 Å². The van der Waals surface area contributed by atoms with E-state index in [0.29, 0.717) is 11.3 Å². The summed E-state index contributed by atoms with van der Waals surface area (Å²) in [6.45, 7) is 0. The zero-order chi connectivity index (χ0) is 13.8. The van der Waals surface area contributed by atoms with E-state index < -0.39 is 0 Å². The van der Waals surface area contributed by atoms with Crippen molar-refractivity contribution in [3.63, 3.8) is 0 Å². The lowest BCUT2D eigenvalue weighted by Gasteiger charge is -2.08. The van der Waals surface area contributed by atoms with Gasteiger partial charge in [-0.25, -0.2) is 4.98 Å². The minimum absolute atomic E-state index is 0.196. The molecule has 2 rings (SSSR count). The van der Waals surface area contributed by atoms with Crippen LogP contribution in [-0.2, 0) is 0 Å². The fourth-order valence-electron chi connectivity index (χ4n) is 1.46. The quantitative estimate of drug-likeness (QED) is 0.843. The number of amides is 1. The van der Waals surface area contributed by atoms with Crippen molar-refractivity contribution in [3.05, 3.63) is 51.0 Å². The van der Waals surface area contributed by atoms with Crippen LogP contribution in [0.5, 0.6) is 0 Å². The summed E-state index contributed by atoms with van der Waals surface area (Å²) >= 11 is 6.76. The Kier molecular flexibility index (Phi) is 4.55. The second-order valence-electron chi connectivity index (χ2n) is 3.76. The van der Waals surface area contributed by atoms with Gasteiger partial charge in [0.25, 0.3) is 5.91 Å². The number of halogens is 2. The van der Waals surface area contributed by atoms with Gasteiger partial charge in [0.15, 0.2) is 0 Å². The van der Waals surface area contributed by atoms with Crippen LogP contribution in [0.25, 0.3) is 0 Å². The standard InChI is InChI=1S/C13H11Br2N3O/c1-16-12-5-2-8(7-17-12)13(19)18-11-4-3-9(14)6-10(11)15/h2-7H,1H3,(H,16,17)(H,18,19). The van der Waals surface area contributed by atoms with Crippen LogP contribution in [0.2, 0.25) is 0 Å². The number of carbonyl (C=O) groups is 1. The molecular formula is C13H11Br2N3O. The Labute approximate surface area is 127 Å². The van der Waals surface area contributed by atoms with E-state index in [-0.39, 0.29) is 5.91 Å². The molecule has 0 fully saturated rings. The molecule has 2 aromatic rings. The van der Waals surface area contributed by atoms with Gasteiger partial charge in [-0.1, -0.05) is 15.9 Å². The fraction of sp³-hybridized carbons (Fsp3) is 0.0769. The first-order valence-corrected chi connectivity index (χ1v) is 7.09. The normalized spacial score (nSPS) is 10.1. The molecule has 98 valence electrons. The van der Waals surface area contributed by atoms with Gasteiger partial charge in [-0.3, -0.25) is 4.79 Å². The van der Waals surface area contributed by atoms with E-state index in [0.717, 1.165) is 14.8 Å². The molecular weight excluding hydrogens is 374 g/mol. The molecule has 6 heteroatoms. The van der Waals surface area contributed by atoms with Crippen molar-refractivity contribution in [1.82, 2.24) is 4.98 Å². The Bertz CT molecular complexity index is 599. The third-order valence-electron chi connectivity index (χ3n) is 2.46. The maximum atomic E-state index is 12.0. The van der Waals surface area contributed by atoms with Crippen LogP contribution >= 0.6 is 31.9 Å². The highest BCUT2D eigenvalue weighted by Gasteiger charge is 2.09. The van der Waals surface area contributed by atoms with E-state index in [9.17, 15) is 4.79 Å². The molecule has 0 aliphatic carbocycles. The lowest BCUT2D eigenvalue weighted by Crippen LogP contribution is -2.12. The Balaban J connectivity index is 2.15. The summed E-state index contributed by atoms with van der Waals surface area (Å²) in [5, 5.41) is 5.73. The lowest BCUT2D eigenvalue weighted by molar-refractivity contribution is 0.102. The van der Waals surface area contributed by atoms with Gasteiger partial charge in [0.05, 0.1) is 11.3 Å². The largest absolute Gasteiger partial charge is 0.373 e. The van der Waals surface area contributed by atoms with Gasteiger partial charge in [-0.15, -0.1) is 0 Å². The van der Waals surface area contributed by atoms with Crippen LogP contribution in [-0.4, -0.2) is 17.9 Å². The number of hydrogen-bond acceptors (Lipinski definition) is 3. The van der Waals surface area contributed by atoms with Gasteiger partial charge < -0.3 is 10.6 Å². The molecule has 0 spiro atoms. The maximum Gasteiger partial charge on any atom is 0.257 e. The third-order valence-corrected chi connectivity index (χ3v) is 3.61. The van der Waals surface area contributed by atoms with Crippen LogP contribution in [0.4, 0.5) is 11.5 Å². The highest BCUT2D eigenvalue weighted by atomic mass is 79.9. The Hall–Kier alpha value is -1.40. The summed E-state index contributed by atoms with van der Waals surface area (Å²) in [6, 6.07) is 9.04. The Morgan fingerprint density at radius 1 is 1.21 bits per heavy atom. The second-order valence-corrected chi connectivity index (χ2v) is 5.53. The van der Waals surface area contributed by atoms with E-state index in [4.69, 9.17) is 0 Å². The lowest BCUT2D eigenvalue weighted by atomic mass is 10.2.